The van der Waals surface area contributed by atoms with E-state index in [1.165, 1.54) is 0 Å². The first kappa shape index (κ1) is 9.92. The van der Waals surface area contributed by atoms with Gasteiger partial charge in [0.25, 0.3) is 5.89 Å². The van der Waals surface area contributed by atoms with Crippen LogP contribution in [0.3, 0.4) is 0 Å². The van der Waals surface area contributed by atoms with Crippen LogP contribution in [-0.4, -0.2) is 16.7 Å². The molecule has 80 valence electrons. The van der Waals surface area contributed by atoms with Crippen molar-refractivity contribution >= 4 is 0 Å². The maximum atomic E-state index is 5.45. The number of aromatic nitrogens is 2. The lowest BCUT2D eigenvalue weighted by Gasteiger charge is -1.89. The van der Waals surface area contributed by atoms with Crippen LogP contribution in [0.25, 0.3) is 11.5 Å². The summed E-state index contributed by atoms with van der Waals surface area (Å²) in [4.78, 5) is 0. The first-order valence-electron chi connectivity index (χ1n) is 4.87. The Hall–Kier alpha value is -1.62. The number of aryl methyl sites for hydroxylation is 2. The molecule has 2 rings (SSSR count). The van der Waals surface area contributed by atoms with Gasteiger partial charge in [0.05, 0.1) is 5.56 Å². The van der Waals surface area contributed by atoms with E-state index in [9.17, 15) is 0 Å². The molecule has 0 aliphatic heterocycles. The molecule has 0 spiro atoms. The molecule has 0 aliphatic rings. The van der Waals surface area contributed by atoms with Crippen LogP contribution in [0.1, 0.15) is 18.1 Å². The summed E-state index contributed by atoms with van der Waals surface area (Å²) in [6.07, 6.45) is 3.18. The number of hydrogen-bond acceptors (Lipinski definition) is 5. The average Bonchev–Trinajstić information content (AvgIpc) is 2.83. The van der Waals surface area contributed by atoms with E-state index in [0.717, 1.165) is 24.2 Å². The van der Waals surface area contributed by atoms with E-state index in [0.29, 0.717) is 18.3 Å². The first-order valence-corrected chi connectivity index (χ1v) is 4.87. The molecule has 0 aromatic carbocycles. The lowest BCUT2D eigenvalue weighted by Crippen LogP contribution is -2.00. The van der Waals surface area contributed by atoms with E-state index < -0.39 is 0 Å². The summed E-state index contributed by atoms with van der Waals surface area (Å²) in [6.45, 7) is 2.50. The van der Waals surface area contributed by atoms with Crippen LogP contribution in [0.5, 0.6) is 0 Å². The smallest absolute Gasteiger partial charge is 0.250 e. The molecule has 0 radical (unpaired) electrons. The van der Waals surface area contributed by atoms with Crippen molar-refractivity contribution in [2.75, 3.05) is 6.54 Å². The Morgan fingerprint density at radius 2 is 2.27 bits per heavy atom. The maximum Gasteiger partial charge on any atom is 0.250 e. The molecule has 0 unspecified atom stereocenters. The minimum Gasteiger partial charge on any atom is -0.469 e. The molecule has 5 heteroatoms. The largest absolute Gasteiger partial charge is 0.469 e. The van der Waals surface area contributed by atoms with Gasteiger partial charge in [-0.15, -0.1) is 10.2 Å². The van der Waals surface area contributed by atoms with Gasteiger partial charge in [0, 0.05) is 6.42 Å². The highest BCUT2D eigenvalue weighted by molar-refractivity contribution is 5.50. The minimum absolute atomic E-state index is 0.499. The van der Waals surface area contributed by atoms with E-state index in [-0.39, 0.29) is 0 Å². The van der Waals surface area contributed by atoms with Crippen LogP contribution in [0.2, 0.25) is 0 Å². The minimum atomic E-state index is 0.499. The quantitative estimate of drug-likeness (QED) is 0.822. The summed E-state index contributed by atoms with van der Waals surface area (Å²) in [5.41, 5.74) is 6.21. The summed E-state index contributed by atoms with van der Waals surface area (Å²) in [5, 5.41) is 7.86. The van der Waals surface area contributed by atoms with Gasteiger partial charge < -0.3 is 14.6 Å². The molecule has 0 saturated carbocycles. The molecule has 0 bridgehead atoms. The number of furan rings is 1. The third-order valence-corrected chi connectivity index (χ3v) is 2.04. The number of nitrogens with zero attached hydrogens (tertiary/aromatic N) is 2. The van der Waals surface area contributed by atoms with Gasteiger partial charge >= 0.3 is 0 Å². The standard InChI is InChI=1S/C10H13N3O2/c1-7-5-8(6-14-7)10-13-12-9(15-10)3-2-4-11/h5-6H,2-4,11H2,1H3. The van der Waals surface area contributed by atoms with Crippen molar-refractivity contribution < 1.29 is 8.83 Å². The maximum absolute atomic E-state index is 5.45. The molecule has 2 aromatic heterocycles. The van der Waals surface area contributed by atoms with Crippen molar-refractivity contribution in [2.45, 2.75) is 19.8 Å². The highest BCUT2D eigenvalue weighted by Crippen LogP contribution is 2.20. The van der Waals surface area contributed by atoms with Crippen molar-refractivity contribution in [3.63, 3.8) is 0 Å². The van der Waals surface area contributed by atoms with Gasteiger partial charge in [0.15, 0.2) is 0 Å². The van der Waals surface area contributed by atoms with Crippen LogP contribution in [0.15, 0.2) is 21.2 Å². The zero-order chi connectivity index (χ0) is 10.7. The van der Waals surface area contributed by atoms with Gasteiger partial charge in [-0.05, 0) is 26.0 Å². The lowest BCUT2D eigenvalue weighted by atomic mass is 10.3. The molecule has 0 aliphatic carbocycles. The van der Waals surface area contributed by atoms with Crippen LogP contribution >= 0.6 is 0 Å². The average molecular weight is 207 g/mol. The molecule has 0 amide bonds. The molecule has 0 fully saturated rings. The molecule has 2 N–H and O–H groups in total. The van der Waals surface area contributed by atoms with Crippen molar-refractivity contribution in [1.82, 2.24) is 10.2 Å². The van der Waals surface area contributed by atoms with Crippen LogP contribution in [0, 0.1) is 6.92 Å². The van der Waals surface area contributed by atoms with Gasteiger partial charge in [-0.3, -0.25) is 0 Å². The Bertz CT molecular complexity index is 433. The Labute approximate surface area is 87.3 Å². The monoisotopic (exact) mass is 207 g/mol. The summed E-state index contributed by atoms with van der Waals surface area (Å²) < 4.78 is 10.6. The summed E-state index contributed by atoms with van der Waals surface area (Å²) >= 11 is 0. The van der Waals surface area contributed by atoms with E-state index in [1.54, 1.807) is 6.26 Å². The molecule has 2 aromatic rings. The fourth-order valence-corrected chi connectivity index (χ4v) is 1.28. The van der Waals surface area contributed by atoms with E-state index in [2.05, 4.69) is 10.2 Å². The van der Waals surface area contributed by atoms with E-state index >= 15 is 0 Å². The van der Waals surface area contributed by atoms with Gasteiger partial charge in [0.1, 0.15) is 12.0 Å². The molecule has 0 saturated heterocycles. The van der Waals surface area contributed by atoms with Crippen molar-refractivity contribution in [1.29, 1.82) is 0 Å². The summed E-state index contributed by atoms with van der Waals surface area (Å²) in [5.74, 6) is 1.94. The second kappa shape index (κ2) is 4.27. The molecule has 2 heterocycles. The molecule has 15 heavy (non-hydrogen) atoms. The normalized spacial score (nSPS) is 10.8. The second-order valence-electron chi connectivity index (χ2n) is 3.34. The molecule has 5 nitrogen and oxygen atoms in total. The Kier molecular flexibility index (Phi) is 2.82. The van der Waals surface area contributed by atoms with Crippen LogP contribution in [0.4, 0.5) is 0 Å². The number of hydrogen-bond donors (Lipinski definition) is 1. The molecule has 0 atom stereocenters. The van der Waals surface area contributed by atoms with E-state index in [1.807, 2.05) is 13.0 Å². The van der Waals surface area contributed by atoms with Gasteiger partial charge in [-0.2, -0.15) is 0 Å². The van der Waals surface area contributed by atoms with Crippen molar-refractivity contribution in [3.05, 3.63) is 24.0 Å². The summed E-state index contributed by atoms with van der Waals surface area (Å²) in [6, 6.07) is 1.86. The molecular formula is C10H13N3O2. The topological polar surface area (TPSA) is 78.1 Å². The van der Waals surface area contributed by atoms with Crippen LogP contribution in [-0.2, 0) is 6.42 Å². The zero-order valence-corrected chi connectivity index (χ0v) is 8.56. The Morgan fingerprint density at radius 3 is 2.93 bits per heavy atom. The van der Waals surface area contributed by atoms with Crippen LogP contribution < -0.4 is 5.73 Å². The highest BCUT2D eigenvalue weighted by Gasteiger charge is 2.09. The lowest BCUT2D eigenvalue weighted by molar-refractivity contribution is 0.496. The third kappa shape index (κ3) is 2.24. The molecular weight excluding hydrogens is 194 g/mol. The van der Waals surface area contributed by atoms with Gasteiger partial charge in [-0.1, -0.05) is 0 Å². The first-order chi connectivity index (χ1) is 7.29. The number of nitrogens with two attached hydrogens (primary N) is 1. The number of rotatable bonds is 4. The Balaban J connectivity index is 2.13. The predicted octanol–water partition coefficient (Wildman–Crippen LogP) is 1.53. The fourth-order valence-electron chi connectivity index (χ4n) is 1.28. The van der Waals surface area contributed by atoms with Crippen molar-refractivity contribution in [2.24, 2.45) is 5.73 Å². The summed E-state index contributed by atoms with van der Waals surface area (Å²) in [7, 11) is 0. The second-order valence-corrected chi connectivity index (χ2v) is 3.34. The third-order valence-electron chi connectivity index (χ3n) is 2.04. The van der Waals surface area contributed by atoms with Gasteiger partial charge in [-0.25, -0.2) is 0 Å². The predicted molar refractivity (Wildman–Crippen MR) is 54.1 cm³/mol. The Morgan fingerprint density at radius 1 is 1.40 bits per heavy atom. The van der Waals surface area contributed by atoms with E-state index in [4.69, 9.17) is 14.6 Å². The van der Waals surface area contributed by atoms with Crippen molar-refractivity contribution in [3.8, 4) is 11.5 Å². The van der Waals surface area contributed by atoms with Gasteiger partial charge in [0.2, 0.25) is 5.89 Å². The highest BCUT2D eigenvalue weighted by atomic mass is 16.4. The SMILES string of the molecule is Cc1cc(-c2nnc(CCCN)o2)co1. The fraction of sp³-hybridized carbons (Fsp3) is 0.400. The zero-order valence-electron chi connectivity index (χ0n) is 8.56.